The fourth-order valence-corrected chi connectivity index (χ4v) is 14.9. The summed E-state index contributed by atoms with van der Waals surface area (Å²) in [5.41, 5.74) is 22.2. The van der Waals surface area contributed by atoms with Crippen molar-refractivity contribution < 1.29 is 9.52 Å². The Bertz CT molecular complexity index is 4630. The first-order valence-corrected chi connectivity index (χ1v) is 30.9. The van der Waals surface area contributed by atoms with Gasteiger partial charge in [-0.15, -0.1) is 0 Å². The zero-order valence-corrected chi connectivity index (χ0v) is 48.7. The van der Waals surface area contributed by atoms with Crippen LogP contribution in [0.5, 0.6) is 5.75 Å². The van der Waals surface area contributed by atoms with Crippen LogP contribution in [0.2, 0.25) is 0 Å². The van der Waals surface area contributed by atoms with Crippen molar-refractivity contribution >= 4 is 88.4 Å². The molecule has 0 saturated heterocycles. The second-order valence-electron chi connectivity index (χ2n) is 24.0. The number of furan rings is 1. The van der Waals surface area contributed by atoms with E-state index in [-0.39, 0.29) is 5.75 Å². The number of phenols is 1. The Labute approximate surface area is 493 Å². The van der Waals surface area contributed by atoms with Gasteiger partial charge in [-0.2, -0.15) is 0 Å². The highest BCUT2D eigenvalue weighted by molar-refractivity contribution is 6.30. The maximum Gasteiger partial charge on any atom is 0.159 e. The average Bonchev–Trinajstić information content (AvgIpc) is 1.21. The Hall–Kier alpha value is -9.12. The molecule has 2 fully saturated rings. The number of hydrogen-bond donors (Lipinski definition) is 1. The normalized spacial score (nSPS) is 14.1. The molecule has 0 unspecified atom stereocenters. The molecule has 0 radical (unpaired) electrons. The number of phenolic OH excluding ortho intramolecular Hbond substituents is 1. The third-order valence-corrected chi connectivity index (χ3v) is 19.2. The van der Waals surface area contributed by atoms with Gasteiger partial charge in [-0.25, -0.2) is 0 Å². The van der Waals surface area contributed by atoms with Crippen LogP contribution in [-0.4, -0.2) is 5.11 Å². The number of hydrogen-bond acceptors (Lipinski definition) is 4. The quantitative estimate of drug-likeness (QED) is 0.117. The summed E-state index contributed by atoms with van der Waals surface area (Å²) in [6.07, 6.45) is 11.4. The number of aromatic hydroxyl groups is 1. The zero-order valence-electron chi connectivity index (χ0n) is 48.7. The molecular formula is C80H70N2O2. The number of para-hydroxylation sites is 3. The minimum absolute atomic E-state index is 0.255. The van der Waals surface area contributed by atoms with Crippen LogP contribution < -0.4 is 9.80 Å². The molecule has 0 amide bonds. The Morgan fingerprint density at radius 3 is 1.54 bits per heavy atom. The van der Waals surface area contributed by atoms with Crippen LogP contribution in [0.15, 0.2) is 217 Å². The molecule has 0 aliphatic heterocycles. The van der Waals surface area contributed by atoms with E-state index < -0.39 is 0 Å². The summed E-state index contributed by atoms with van der Waals surface area (Å²) in [6.45, 7) is 8.80. The molecule has 0 spiro atoms. The van der Waals surface area contributed by atoms with Crippen molar-refractivity contribution in [2.45, 2.75) is 104 Å². The lowest BCUT2D eigenvalue weighted by Crippen LogP contribution is -2.14. The molecule has 1 N–H and O–H groups in total. The Morgan fingerprint density at radius 1 is 0.405 bits per heavy atom. The summed E-state index contributed by atoms with van der Waals surface area (Å²) in [6, 6.07) is 78.7. The molecular weight excluding hydrogens is 1020 g/mol. The van der Waals surface area contributed by atoms with E-state index in [0.717, 1.165) is 104 Å². The molecule has 2 aliphatic rings. The van der Waals surface area contributed by atoms with Gasteiger partial charge >= 0.3 is 0 Å². The van der Waals surface area contributed by atoms with Gasteiger partial charge < -0.3 is 19.3 Å². The predicted octanol–water partition coefficient (Wildman–Crippen LogP) is 23.2. The first-order valence-electron chi connectivity index (χ1n) is 30.9. The van der Waals surface area contributed by atoms with Gasteiger partial charge in [-0.1, -0.05) is 203 Å². The van der Waals surface area contributed by atoms with Gasteiger partial charge in [0.05, 0.1) is 22.7 Å². The topological polar surface area (TPSA) is 39.9 Å². The summed E-state index contributed by atoms with van der Waals surface area (Å²) in [4.78, 5) is 4.90. The van der Waals surface area contributed by atoms with Crippen molar-refractivity contribution in [3.63, 3.8) is 0 Å². The molecule has 4 heteroatoms. The van der Waals surface area contributed by atoms with Crippen LogP contribution in [0.3, 0.4) is 0 Å². The summed E-state index contributed by atoms with van der Waals surface area (Å²) in [7, 11) is 0. The van der Waals surface area contributed by atoms with E-state index in [2.05, 4.69) is 250 Å². The first kappa shape index (κ1) is 51.7. The van der Waals surface area contributed by atoms with E-state index >= 15 is 0 Å². The molecule has 412 valence electrons. The highest BCUT2D eigenvalue weighted by Gasteiger charge is 2.32. The van der Waals surface area contributed by atoms with E-state index in [9.17, 15) is 5.11 Å². The Morgan fingerprint density at radius 2 is 0.905 bits per heavy atom. The summed E-state index contributed by atoms with van der Waals surface area (Å²) in [5.74, 6) is 1.08. The molecule has 13 aromatic rings. The van der Waals surface area contributed by atoms with Gasteiger partial charge in [-0.05, 0) is 190 Å². The average molecular weight is 1090 g/mol. The minimum Gasteiger partial charge on any atom is -0.505 e. The maximum absolute atomic E-state index is 13.1. The molecule has 1 aromatic heterocycles. The van der Waals surface area contributed by atoms with Crippen molar-refractivity contribution in [2.75, 3.05) is 9.80 Å². The van der Waals surface area contributed by atoms with Gasteiger partial charge in [-0.3, -0.25) is 0 Å². The molecule has 2 aliphatic carbocycles. The smallest absolute Gasteiger partial charge is 0.159 e. The second-order valence-corrected chi connectivity index (χ2v) is 24.0. The third-order valence-electron chi connectivity index (χ3n) is 19.2. The van der Waals surface area contributed by atoms with Gasteiger partial charge in [0.25, 0.3) is 0 Å². The summed E-state index contributed by atoms with van der Waals surface area (Å²) in [5, 5.41) is 23.0. The lowest BCUT2D eigenvalue weighted by molar-refractivity contribution is 0.478. The van der Waals surface area contributed by atoms with Crippen molar-refractivity contribution in [2.24, 2.45) is 0 Å². The van der Waals surface area contributed by atoms with E-state index in [1.54, 1.807) is 0 Å². The van der Waals surface area contributed by atoms with Crippen molar-refractivity contribution in [3.8, 4) is 39.1 Å². The number of anilines is 6. The van der Waals surface area contributed by atoms with Crippen LogP contribution in [0.1, 0.15) is 110 Å². The number of benzene rings is 12. The van der Waals surface area contributed by atoms with Crippen LogP contribution in [0, 0.1) is 13.8 Å². The molecule has 4 nitrogen and oxygen atoms in total. The number of aryl methyl sites for hydroxylation is 4. The maximum atomic E-state index is 13.1. The number of nitrogens with zero attached hydrogens (tertiary/aromatic N) is 2. The SMILES string of the molecule is CCc1ccc(N(c2cc(C3CCCC3)c3ccc4c(N(c5ccc(C)cc5)c5cccc(-c6cccc(-c7ccccc7C)c6)c5O)cc(C5CCCC5)c5ccc2c3c54)c2cccc3c2oc2c(-c4ccccc4CC)cccc23)cc1. The van der Waals surface area contributed by atoms with E-state index in [0.29, 0.717) is 11.8 Å². The number of fused-ring (bicyclic) bond motifs is 3. The van der Waals surface area contributed by atoms with Crippen LogP contribution in [-0.2, 0) is 12.8 Å². The van der Waals surface area contributed by atoms with Crippen LogP contribution in [0.4, 0.5) is 34.1 Å². The molecule has 0 atom stereocenters. The fraction of sp³-hybridized carbons (Fsp3) is 0.200. The predicted molar refractivity (Wildman–Crippen MR) is 355 cm³/mol. The zero-order chi connectivity index (χ0) is 56.6. The molecule has 15 rings (SSSR count). The third kappa shape index (κ3) is 8.63. The fourth-order valence-electron chi connectivity index (χ4n) is 14.9. The van der Waals surface area contributed by atoms with Gasteiger partial charge in [0, 0.05) is 44.0 Å². The minimum atomic E-state index is 0.255. The van der Waals surface area contributed by atoms with E-state index in [1.807, 2.05) is 0 Å². The highest BCUT2D eigenvalue weighted by Crippen LogP contribution is 2.56. The molecule has 1 heterocycles. The lowest BCUT2D eigenvalue weighted by Gasteiger charge is -2.32. The van der Waals surface area contributed by atoms with Gasteiger partial charge in [0.2, 0.25) is 0 Å². The number of rotatable bonds is 13. The molecule has 2 saturated carbocycles. The van der Waals surface area contributed by atoms with Crippen LogP contribution in [0.25, 0.3) is 87.6 Å². The summed E-state index contributed by atoms with van der Waals surface area (Å²) < 4.78 is 7.41. The Balaban J connectivity index is 1.01. The van der Waals surface area contributed by atoms with Crippen LogP contribution >= 0.6 is 0 Å². The highest BCUT2D eigenvalue weighted by atomic mass is 16.3. The molecule has 0 bridgehead atoms. The standard InChI is InChI=1S/C80H70N2O2/c1-5-52-37-41-59(42-38-52)82(73-34-18-32-67-66-31-16-30-65(79(66)84-80(67)73)61-28-14-12-20-53(61)6-2)75-49-71(55-23-10-11-24-55)64-43-45-68-74(48-70(54-21-8-9-22-54)63-44-46-69(75)77(64)76(63)68)81(58-39-35-50(3)36-40-58)72-33-17-29-62(78(72)83)57-26-15-25-56(47-57)60-27-13-7-19-51(60)4/h7,12-20,25-49,54-55,83H,5-6,8-11,21-24H2,1-4H3. The molecule has 84 heavy (non-hydrogen) atoms. The van der Waals surface area contributed by atoms with E-state index in [4.69, 9.17) is 4.42 Å². The summed E-state index contributed by atoms with van der Waals surface area (Å²) >= 11 is 0. The first-order chi connectivity index (χ1) is 41.3. The largest absolute Gasteiger partial charge is 0.505 e. The van der Waals surface area contributed by atoms with Gasteiger partial charge in [0.15, 0.2) is 5.58 Å². The molecule has 12 aromatic carbocycles. The monoisotopic (exact) mass is 1090 g/mol. The van der Waals surface area contributed by atoms with E-state index in [1.165, 1.54) is 115 Å². The van der Waals surface area contributed by atoms with Crippen molar-refractivity contribution in [3.05, 3.63) is 246 Å². The van der Waals surface area contributed by atoms with Crippen molar-refractivity contribution in [1.82, 2.24) is 0 Å². The Kier molecular flexibility index (Phi) is 13.1. The van der Waals surface area contributed by atoms with Crippen molar-refractivity contribution in [1.29, 1.82) is 0 Å². The second kappa shape index (κ2) is 21.3. The lowest BCUT2D eigenvalue weighted by atomic mass is 9.82. The van der Waals surface area contributed by atoms with Gasteiger partial charge in [0.1, 0.15) is 11.3 Å².